The van der Waals surface area contributed by atoms with Crippen LogP contribution in [-0.2, 0) is 9.59 Å². The predicted octanol–water partition coefficient (Wildman–Crippen LogP) is 1.06. The lowest BCUT2D eigenvalue weighted by Crippen LogP contribution is -2.36. The highest BCUT2D eigenvalue weighted by Gasteiger charge is 2.31. The maximum atomic E-state index is 10.8. The molecule has 0 aliphatic carbocycles. The Morgan fingerprint density at radius 3 is 1.20 bits per heavy atom. The van der Waals surface area contributed by atoms with Crippen molar-refractivity contribution < 1.29 is 9.59 Å². The van der Waals surface area contributed by atoms with E-state index in [0.29, 0.717) is 8.64 Å². The quantitative estimate of drug-likeness (QED) is 0.356. The van der Waals surface area contributed by atoms with Gasteiger partial charge in [-0.25, -0.2) is 21.7 Å². The third-order valence-electron chi connectivity index (χ3n) is 2.12. The molecule has 0 spiro atoms. The maximum Gasteiger partial charge on any atom is 0.255 e. The first-order chi connectivity index (χ1) is 8.25. The normalized spacial score (nSPS) is 25.0. The summed E-state index contributed by atoms with van der Waals surface area (Å²) in [6, 6.07) is 0. The molecule has 2 unspecified atom stereocenters. The molecule has 0 aromatic heterocycles. The van der Waals surface area contributed by atoms with Crippen molar-refractivity contribution in [2.24, 2.45) is 11.7 Å². The van der Waals surface area contributed by atoms with E-state index in [-0.39, 0.29) is 47.1 Å². The van der Waals surface area contributed by atoms with Gasteiger partial charge in [0.25, 0.3) is 11.8 Å². The van der Waals surface area contributed by atoms with Gasteiger partial charge in [0.05, 0.1) is 10.5 Å². The van der Waals surface area contributed by atoms with Crippen LogP contribution in [0.1, 0.15) is 13.8 Å². The number of nitrogens with two attached hydrogens (primary N) is 2. The highest BCUT2D eigenvalue weighted by atomic mass is 35.5. The smallest absolute Gasteiger partial charge is 0.255 e. The first kappa shape index (κ1) is 22.6. The van der Waals surface area contributed by atoms with E-state index in [1.807, 2.05) is 0 Å². The second-order valence-electron chi connectivity index (χ2n) is 3.47. The lowest BCUT2D eigenvalue weighted by Gasteiger charge is -2.03. The standard InChI is InChI=1S/2C4H6N2OS2.2ClH/c2*1-2-3(7)6(5)4(8)9-2;;/h2*2H,5H2,1H3;2*1H. The van der Waals surface area contributed by atoms with Gasteiger partial charge in [-0.3, -0.25) is 9.59 Å². The van der Waals surface area contributed by atoms with Gasteiger partial charge in [-0.2, -0.15) is 0 Å². The Morgan fingerprint density at radius 1 is 0.900 bits per heavy atom. The summed E-state index contributed by atoms with van der Waals surface area (Å²) in [5, 5.41) is 1.85. The van der Waals surface area contributed by atoms with Crippen molar-refractivity contribution in [1.29, 1.82) is 0 Å². The zero-order chi connectivity index (χ0) is 14.0. The van der Waals surface area contributed by atoms with Crippen molar-refractivity contribution in [3.05, 3.63) is 0 Å². The van der Waals surface area contributed by atoms with Crippen LogP contribution in [0.25, 0.3) is 0 Å². The Kier molecular flexibility index (Phi) is 10.6. The number of hydrogen-bond acceptors (Lipinski definition) is 8. The van der Waals surface area contributed by atoms with E-state index < -0.39 is 0 Å². The molecule has 0 aromatic rings. The summed E-state index contributed by atoms with van der Waals surface area (Å²) in [5.74, 6) is 10.3. The zero-order valence-electron chi connectivity index (χ0n) is 10.5. The largest absolute Gasteiger partial charge is 0.272 e. The number of halogens is 2. The molecule has 0 aromatic carbocycles. The number of nitrogens with zero attached hydrogens (tertiary/aromatic N) is 2. The minimum absolute atomic E-state index is 0. The number of hydrazine groups is 2. The monoisotopic (exact) mass is 396 g/mol. The molecule has 2 saturated heterocycles. The summed E-state index contributed by atoms with van der Waals surface area (Å²) in [7, 11) is 0. The topological polar surface area (TPSA) is 92.7 Å². The van der Waals surface area contributed by atoms with Crippen LogP contribution in [0.2, 0.25) is 0 Å². The Balaban J connectivity index is 0. The number of amides is 2. The summed E-state index contributed by atoms with van der Waals surface area (Å²) in [4.78, 5) is 21.6. The molecule has 2 fully saturated rings. The fourth-order valence-electron chi connectivity index (χ4n) is 1.09. The number of carbonyl (C=O) groups is 2. The van der Waals surface area contributed by atoms with E-state index in [0.717, 1.165) is 10.0 Å². The fourth-order valence-corrected chi connectivity index (χ4v) is 3.58. The molecule has 4 N–H and O–H groups in total. The minimum Gasteiger partial charge on any atom is -0.272 e. The number of rotatable bonds is 0. The number of thiocarbonyl (C=S) groups is 2. The zero-order valence-corrected chi connectivity index (χ0v) is 15.4. The van der Waals surface area contributed by atoms with Gasteiger partial charge in [0.15, 0.2) is 8.64 Å². The Hall–Kier alpha value is 0.320. The van der Waals surface area contributed by atoms with E-state index in [1.54, 1.807) is 13.8 Å². The summed E-state index contributed by atoms with van der Waals surface area (Å²) in [6.07, 6.45) is 0. The van der Waals surface area contributed by atoms with Crippen LogP contribution in [0.3, 0.4) is 0 Å². The molecule has 2 aliphatic heterocycles. The molecule has 2 aliphatic rings. The molecule has 0 bridgehead atoms. The molecule has 2 rings (SSSR count). The van der Waals surface area contributed by atoms with Crippen LogP contribution in [0.5, 0.6) is 0 Å². The summed E-state index contributed by atoms with van der Waals surface area (Å²) in [6.45, 7) is 3.57. The van der Waals surface area contributed by atoms with E-state index in [9.17, 15) is 9.59 Å². The summed E-state index contributed by atoms with van der Waals surface area (Å²) >= 11 is 12.1. The molecule has 2 atom stereocenters. The van der Waals surface area contributed by atoms with Gasteiger partial charge in [0, 0.05) is 0 Å². The van der Waals surface area contributed by atoms with Crippen LogP contribution in [0, 0.1) is 0 Å². The molecular weight excluding hydrogens is 383 g/mol. The van der Waals surface area contributed by atoms with E-state index in [2.05, 4.69) is 0 Å². The fraction of sp³-hybridized carbons (Fsp3) is 0.500. The predicted molar refractivity (Wildman–Crippen MR) is 95.9 cm³/mol. The van der Waals surface area contributed by atoms with Crippen LogP contribution in [0.15, 0.2) is 0 Å². The Bertz CT molecular complexity index is 387. The Morgan fingerprint density at radius 2 is 1.15 bits per heavy atom. The van der Waals surface area contributed by atoms with Crippen LogP contribution in [-0.4, -0.2) is 41.0 Å². The van der Waals surface area contributed by atoms with Gasteiger partial charge in [0.2, 0.25) is 0 Å². The molecule has 2 heterocycles. The summed E-state index contributed by atoms with van der Waals surface area (Å²) in [5.41, 5.74) is 0. The Labute approximate surface area is 148 Å². The molecule has 20 heavy (non-hydrogen) atoms. The lowest BCUT2D eigenvalue weighted by molar-refractivity contribution is -0.126. The highest BCUT2D eigenvalue weighted by Crippen LogP contribution is 2.24. The third kappa shape index (κ3) is 5.26. The number of hydrogen-bond donors (Lipinski definition) is 2. The van der Waals surface area contributed by atoms with E-state index in [1.165, 1.54) is 23.5 Å². The van der Waals surface area contributed by atoms with Gasteiger partial charge in [0.1, 0.15) is 0 Å². The van der Waals surface area contributed by atoms with Crippen LogP contribution in [0.4, 0.5) is 0 Å². The minimum atomic E-state index is -0.106. The number of thioether (sulfide) groups is 2. The molecule has 12 heteroatoms. The molecule has 0 radical (unpaired) electrons. The van der Waals surface area contributed by atoms with Crippen molar-refractivity contribution in [2.75, 3.05) is 0 Å². The van der Waals surface area contributed by atoms with Gasteiger partial charge in [-0.05, 0) is 13.8 Å². The summed E-state index contributed by atoms with van der Waals surface area (Å²) < 4.78 is 0.931. The average molecular weight is 397 g/mol. The van der Waals surface area contributed by atoms with Gasteiger partial charge in [-0.15, -0.1) is 24.8 Å². The second-order valence-corrected chi connectivity index (χ2v) is 7.42. The van der Waals surface area contributed by atoms with Gasteiger partial charge < -0.3 is 0 Å². The molecule has 2 amide bonds. The lowest BCUT2D eigenvalue weighted by atomic mass is 10.4. The molecule has 116 valence electrons. The molecular formula is C8H14Cl2N4O2S4. The van der Waals surface area contributed by atoms with Crippen molar-refractivity contribution in [1.82, 2.24) is 10.0 Å². The third-order valence-corrected chi connectivity index (χ3v) is 5.00. The van der Waals surface area contributed by atoms with Gasteiger partial charge >= 0.3 is 0 Å². The van der Waals surface area contributed by atoms with E-state index >= 15 is 0 Å². The van der Waals surface area contributed by atoms with E-state index in [4.69, 9.17) is 36.1 Å². The first-order valence-electron chi connectivity index (χ1n) is 4.84. The van der Waals surface area contributed by atoms with Crippen molar-refractivity contribution in [2.45, 2.75) is 24.3 Å². The van der Waals surface area contributed by atoms with Crippen LogP contribution < -0.4 is 11.7 Å². The molecule has 0 saturated carbocycles. The van der Waals surface area contributed by atoms with Crippen molar-refractivity contribution >= 4 is 93.2 Å². The first-order valence-corrected chi connectivity index (χ1v) is 7.41. The maximum absolute atomic E-state index is 10.8. The average Bonchev–Trinajstić information content (AvgIpc) is 2.66. The number of carbonyl (C=O) groups excluding carboxylic acids is 2. The van der Waals surface area contributed by atoms with Crippen LogP contribution >= 0.6 is 72.8 Å². The highest BCUT2D eigenvalue weighted by molar-refractivity contribution is 8.24. The van der Waals surface area contributed by atoms with Crippen molar-refractivity contribution in [3.63, 3.8) is 0 Å². The molecule has 6 nitrogen and oxygen atoms in total. The van der Waals surface area contributed by atoms with Crippen molar-refractivity contribution in [3.8, 4) is 0 Å². The second kappa shape index (κ2) is 9.36. The SMILES string of the molecule is CC1SC(=S)N(N)C1=O.CC1SC(=S)N(N)C1=O.Cl.Cl. The van der Waals surface area contributed by atoms with Gasteiger partial charge in [-0.1, -0.05) is 48.0 Å².